The second kappa shape index (κ2) is 8.07. The second-order valence-corrected chi connectivity index (χ2v) is 8.56. The minimum Gasteiger partial charge on any atom is -0.493 e. The average molecular weight is 397 g/mol. The highest BCUT2D eigenvalue weighted by Crippen LogP contribution is 2.33. The maximum Gasteiger partial charge on any atom is 0.194 e. The predicted molar refractivity (Wildman–Crippen MR) is 112 cm³/mol. The van der Waals surface area contributed by atoms with Crippen molar-refractivity contribution < 1.29 is 4.74 Å². The Balaban J connectivity index is 1.43. The smallest absolute Gasteiger partial charge is 0.194 e. The third-order valence-electron chi connectivity index (χ3n) is 4.69. The van der Waals surface area contributed by atoms with Gasteiger partial charge in [0.15, 0.2) is 5.13 Å². The molecule has 1 saturated carbocycles. The number of hydrogen-bond acceptors (Lipinski definition) is 7. The molecule has 1 aliphatic rings. The van der Waals surface area contributed by atoms with Crippen LogP contribution in [0.15, 0.2) is 41.3 Å². The van der Waals surface area contributed by atoms with Crippen LogP contribution in [0.3, 0.4) is 0 Å². The Morgan fingerprint density at radius 2 is 2.11 bits per heavy atom. The van der Waals surface area contributed by atoms with E-state index >= 15 is 0 Å². The van der Waals surface area contributed by atoms with E-state index in [1.807, 2.05) is 18.2 Å². The van der Waals surface area contributed by atoms with Crippen LogP contribution in [0.25, 0.3) is 10.2 Å². The fraction of sp³-hybridized carbons (Fsp3) is 0.300. The SMILES string of the molecule is N#Cc1cc(N)ccc1SNc1nc2ccc(OCC3CCCC3)cc2s1. The number of anilines is 2. The van der Waals surface area contributed by atoms with E-state index in [0.717, 1.165) is 32.6 Å². The van der Waals surface area contributed by atoms with E-state index in [9.17, 15) is 5.26 Å². The number of aromatic nitrogens is 1. The van der Waals surface area contributed by atoms with Crippen molar-refractivity contribution in [3.8, 4) is 11.8 Å². The molecule has 3 N–H and O–H groups in total. The van der Waals surface area contributed by atoms with Crippen molar-refractivity contribution in [2.24, 2.45) is 5.92 Å². The highest BCUT2D eigenvalue weighted by atomic mass is 32.2. The van der Waals surface area contributed by atoms with Gasteiger partial charge in [0.2, 0.25) is 0 Å². The molecule has 1 heterocycles. The number of rotatable bonds is 6. The number of nitrogens with two attached hydrogens (primary N) is 1. The Hall–Kier alpha value is -2.43. The van der Waals surface area contributed by atoms with Gasteiger partial charge in [-0.2, -0.15) is 5.26 Å². The molecule has 5 nitrogen and oxygen atoms in total. The second-order valence-electron chi connectivity index (χ2n) is 6.68. The van der Waals surface area contributed by atoms with Crippen molar-refractivity contribution in [1.29, 1.82) is 5.26 Å². The summed E-state index contributed by atoms with van der Waals surface area (Å²) in [6, 6.07) is 13.5. The van der Waals surface area contributed by atoms with Crippen LogP contribution >= 0.6 is 23.3 Å². The third-order valence-corrected chi connectivity index (χ3v) is 6.63. The first-order valence-electron chi connectivity index (χ1n) is 8.97. The zero-order valence-electron chi connectivity index (χ0n) is 14.8. The number of fused-ring (bicyclic) bond motifs is 1. The lowest BCUT2D eigenvalue weighted by atomic mass is 10.1. The summed E-state index contributed by atoms with van der Waals surface area (Å²) in [4.78, 5) is 5.43. The summed E-state index contributed by atoms with van der Waals surface area (Å²) in [6.07, 6.45) is 5.22. The maximum atomic E-state index is 9.24. The van der Waals surface area contributed by atoms with Crippen molar-refractivity contribution in [3.05, 3.63) is 42.0 Å². The Kier molecular flexibility index (Phi) is 5.37. The van der Waals surface area contributed by atoms with Gasteiger partial charge in [0.25, 0.3) is 0 Å². The number of ether oxygens (including phenoxy) is 1. The first kappa shape index (κ1) is 18.0. The Bertz CT molecular complexity index is 989. The monoisotopic (exact) mass is 396 g/mol. The third kappa shape index (κ3) is 4.29. The fourth-order valence-electron chi connectivity index (χ4n) is 3.25. The van der Waals surface area contributed by atoms with Gasteiger partial charge in [0.1, 0.15) is 11.8 Å². The lowest BCUT2D eigenvalue weighted by Gasteiger charge is -2.10. The zero-order chi connectivity index (χ0) is 18.6. The first-order valence-corrected chi connectivity index (χ1v) is 10.6. The van der Waals surface area contributed by atoms with Gasteiger partial charge in [-0.3, -0.25) is 0 Å². The Morgan fingerprint density at radius 3 is 2.93 bits per heavy atom. The molecule has 7 heteroatoms. The maximum absolute atomic E-state index is 9.24. The summed E-state index contributed by atoms with van der Waals surface area (Å²) >= 11 is 2.94. The molecule has 1 aliphatic carbocycles. The molecular formula is C20H20N4OS2. The van der Waals surface area contributed by atoms with E-state index < -0.39 is 0 Å². The molecule has 1 aromatic heterocycles. The molecule has 4 rings (SSSR count). The quantitative estimate of drug-likeness (QED) is 0.426. The minimum atomic E-state index is 0.552. The number of hydrogen-bond donors (Lipinski definition) is 2. The Labute approximate surface area is 166 Å². The van der Waals surface area contributed by atoms with E-state index in [2.05, 4.69) is 21.8 Å². The first-order chi connectivity index (χ1) is 13.2. The van der Waals surface area contributed by atoms with Gasteiger partial charge >= 0.3 is 0 Å². The van der Waals surface area contributed by atoms with Gasteiger partial charge in [-0.15, -0.1) is 0 Å². The van der Waals surface area contributed by atoms with Crippen LogP contribution < -0.4 is 15.2 Å². The van der Waals surface area contributed by atoms with E-state index in [4.69, 9.17) is 10.5 Å². The van der Waals surface area contributed by atoms with Crippen molar-refractivity contribution in [3.63, 3.8) is 0 Å². The average Bonchev–Trinajstić information content (AvgIpc) is 3.34. The Morgan fingerprint density at radius 1 is 1.26 bits per heavy atom. The molecule has 138 valence electrons. The molecule has 27 heavy (non-hydrogen) atoms. The molecule has 1 fully saturated rings. The summed E-state index contributed by atoms with van der Waals surface area (Å²) in [7, 11) is 0. The normalized spacial score (nSPS) is 14.3. The zero-order valence-corrected chi connectivity index (χ0v) is 16.4. The fourth-order valence-corrected chi connectivity index (χ4v) is 4.88. The molecule has 0 radical (unpaired) electrons. The van der Waals surface area contributed by atoms with E-state index in [0.29, 0.717) is 17.2 Å². The molecule has 0 atom stereocenters. The van der Waals surface area contributed by atoms with Gasteiger partial charge in [-0.25, -0.2) is 4.98 Å². The minimum absolute atomic E-state index is 0.552. The lowest BCUT2D eigenvalue weighted by Crippen LogP contribution is -2.07. The van der Waals surface area contributed by atoms with Crippen LogP contribution in [-0.4, -0.2) is 11.6 Å². The van der Waals surface area contributed by atoms with E-state index in [1.54, 1.807) is 23.5 Å². The summed E-state index contributed by atoms with van der Waals surface area (Å²) < 4.78 is 10.3. The topological polar surface area (TPSA) is 84.0 Å². The van der Waals surface area contributed by atoms with Crippen molar-refractivity contribution in [2.45, 2.75) is 30.6 Å². The van der Waals surface area contributed by atoms with Crippen LogP contribution in [0.5, 0.6) is 5.75 Å². The highest BCUT2D eigenvalue weighted by molar-refractivity contribution is 8.00. The molecule has 3 aromatic rings. The molecule has 0 unspecified atom stereocenters. The van der Waals surface area contributed by atoms with Gasteiger partial charge in [-0.1, -0.05) is 24.2 Å². The number of thiazole rings is 1. The summed E-state index contributed by atoms with van der Waals surface area (Å²) in [6.45, 7) is 0.805. The number of nitriles is 1. The van der Waals surface area contributed by atoms with E-state index in [-0.39, 0.29) is 0 Å². The molecular weight excluding hydrogens is 376 g/mol. The highest BCUT2D eigenvalue weighted by Gasteiger charge is 2.16. The molecule has 0 spiro atoms. The summed E-state index contributed by atoms with van der Waals surface area (Å²) in [5.74, 6) is 1.60. The van der Waals surface area contributed by atoms with Crippen molar-refractivity contribution in [2.75, 3.05) is 17.1 Å². The summed E-state index contributed by atoms with van der Waals surface area (Å²) in [5.41, 5.74) is 7.81. The number of nitrogen functional groups attached to an aromatic ring is 1. The number of nitrogens with one attached hydrogen (secondary N) is 1. The van der Waals surface area contributed by atoms with Gasteiger partial charge in [0.05, 0.1) is 22.4 Å². The molecule has 0 saturated heterocycles. The molecule has 0 bridgehead atoms. The number of nitrogens with zero attached hydrogens (tertiary/aromatic N) is 2. The van der Waals surface area contributed by atoms with Crippen LogP contribution in [0.1, 0.15) is 31.2 Å². The predicted octanol–water partition coefficient (Wildman–Crippen LogP) is 5.44. The van der Waals surface area contributed by atoms with Crippen LogP contribution in [0.2, 0.25) is 0 Å². The van der Waals surface area contributed by atoms with Gasteiger partial charge in [0, 0.05) is 10.6 Å². The van der Waals surface area contributed by atoms with Crippen LogP contribution in [0, 0.1) is 17.2 Å². The molecule has 0 aliphatic heterocycles. The van der Waals surface area contributed by atoms with Gasteiger partial charge in [-0.05, 0) is 67.1 Å². The standard InChI is InChI=1S/C20H20N4OS2/c21-11-14-9-15(22)5-8-18(14)27-24-20-23-17-7-6-16(10-19(17)26-20)25-12-13-3-1-2-4-13/h5-10,13H,1-4,12,22H2,(H,23,24). The molecule has 0 amide bonds. The number of benzene rings is 2. The summed E-state index contributed by atoms with van der Waals surface area (Å²) in [5, 5.41) is 10.0. The van der Waals surface area contributed by atoms with Gasteiger partial charge < -0.3 is 15.2 Å². The van der Waals surface area contributed by atoms with Crippen LogP contribution in [-0.2, 0) is 0 Å². The lowest BCUT2D eigenvalue weighted by molar-refractivity contribution is 0.252. The van der Waals surface area contributed by atoms with E-state index in [1.165, 1.54) is 37.6 Å². The van der Waals surface area contributed by atoms with Crippen LogP contribution in [0.4, 0.5) is 10.8 Å². The van der Waals surface area contributed by atoms with Crippen molar-refractivity contribution in [1.82, 2.24) is 4.98 Å². The van der Waals surface area contributed by atoms with Crippen molar-refractivity contribution >= 4 is 44.3 Å². The molecule has 2 aromatic carbocycles. The largest absolute Gasteiger partial charge is 0.493 e.